The lowest BCUT2D eigenvalue weighted by Crippen LogP contribution is -2.18. The molecule has 0 amide bonds. The number of rotatable bonds is 3. The molecule has 5 heteroatoms. The third-order valence-electron chi connectivity index (χ3n) is 2.82. The van der Waals surface area contributed by atoms with Gasteiger partial charge in [-0.1, -0.05) is 30.3 Å². The molecule has 5 nitrogen and oxygen atoms in total. The second kappa shape index (κ2) is 7.33. The zero-order chi connectivity index (χ0) is 14.3. The summed E-state index contributed by atoms with van der Waals surface area (Å²) in [5.74, 6) is -3.65. The van der Waals surface area contributed by atoms with E-state index >= 15 is 0 Å². The normalized spacial score (nSPS) is 15.9. The van der Waals surface area contributed by atoms with Crippen molar-refractivity contribution in [3.8, 4) is 0 Å². The summed E-state index contributed by atoms with van der Waals surface area (Å²) in [5, 5.41) is 18.3. The summed E-state index contributed by atoms with van der Waals surface area (Å²) >= 11 is 0. The van der Waals surface area contributed by atoms with Crippen LogP contribution in [-0.4, -0.2) is 28.7 Å². The van der Waals surface area contributed by atoms with Crippen LogP contribution in [0.25, 0.3) is 0 Å². The quantitative estimate of drug-likeness (QED) is 0.569. The fraction of sp³-hybridized carbons (Fsp3) is 0.286. The van der Waals surface area contributed by atoms with Crippen molar-refractivity contribution < 1.29 is 19.8 Å². The number of carboxylic acids is 2. The van der Waals surface area contributed by atoms with Gasteiger partial charge in [-0.2, -0.15) is 0 Å². The summed E-state index contributed by atoms with van der Waals surface area (Å²) in [7, 11) is 0. The lowest BCUT2D eigenvalue weighted by molar-refractivity contribution is -0.159. The molecule has 3 N–H and O–H groups in total. The standard InChI is InChI=1S/C12H15N.C2H2O4/c1-2-9-13-12-8-7-10-5-3-4-6-11(10)12;3-1(4)2(5)6/h2-6,12-13H,1,7-9H2;(H,3,4)(H,5,6)/t12-;/m1./s1. The number of benzene rings is 1. The van der Waals surface area contributed by atoms with Crippen molar-refractivity contribution in [1.29, 1.82) is 0 Å². The number of fused-ring (bicyclic) bond motifs is 1. The van der Waals surface area contributed by atoms with Gasteiger partial charge >= 0.3 is 11.9 Å². The minimum atomic E-state index is -1.82. The average Bonchev–Trinajstić information content (AvgIpc) is 2.80. The zero-order valence-electron chi connectivity index (χ0n) is 10.5. The number of aliphatic carboxylic acids is 2. The van der Waals surface area contributed by atoms with Gasteiger partial charge in [-0.05, 0) is 24.0 Å². The predicted molar refractivity (Wildman–Crippen MR) is 71.0 cm³/mol. The molecule has 102 valence electrons. The van der Waals surface area contributed by atoms with Gasteiger partial charge in [0, 0.05) is 12.6 Å². The first-order valence-electron chi connectivity index (χ1n) is 5.94. The largest absolute Gasteiger partial charge is 0.473 e. The fourth-order valence-electron chi connectivity index (χ4n) is 1.99. The van der Waals surface area contributed by atoms with E-state index in [0.29, 0.717) is 6.04 Å². The maximum atomic E-state index is 9.10. The molecular formula is C14H17NO4. The Kier molecular flexibility index (Phi) is 5.75. The molecule has 0 fully saturated rings. The van der Waals surface area contributed by atoms with Crippen LogP contribution >= 0.6 is 0 Å². The molecule has 0 heterocycles. The van der Waals surface area contributed by atoms with E-state index in [1.807, 2.05) is 6.08 Å². The summed E-state index contributed by atoms with van der Waals surface area (Å²) in [6, 6.07) is 9.24. The summed E-state index contributed by atoms with van der Waals surface area (Å²) in [6.45, 7) is 4.62. The molecule has 0 spiro atoms. The van der Waals surface area contributed by atoms with Crippen molar-refractivity contribution >= 4 is 11.9 Å². The van der Waals surface area contributed by atoms with Gasteiger partial charge in [0.2, 0.25) is 0 Å². The number of nitrogens with one attached hydrogen (secondary N) is 1. The third-order valence-corrected chi connectivity index (χ3v) is 2.82. The van der Waals surface area contributed by atoms with Gasteiger partial charge in [0.1, 0.15) is 0 Å². The summed E-state index contributed by atoms with van der Waals surface area (Å²) in [5.41, 5.74) is 2.98. The highest BCUT2D eigenvalue weighted by atomic mass is 16.4. The molecule has 1 aromatic carbocycles. The van der Waals surface area contributed by atoms with Gasteiger partial charge in [0.05, 0.1) is 0 Å². The molecule has 0 aliphatic heterocycles. The maximum Gasteiger partial charge on any atom is 0.414 e. The van der Waals surface area contributed by atoms with E-state index in [-0.39, 0.29) is 0 Å². The van der Waals surface area contributed by atoms with Gasteiger partial charge in [-0.25, -0.2) is 9.59 Å². The van der Waals surface area contributed by atoms with E-state index in [1.54, 1.807) is 0 Å². The van der Waals surface area contributed by atoms with Crippen LogP contribution in [0.1, 0.15) is 23.6 Å². The van der Waals surface area contributed by atoms with Gasteiger partial charge < -0.3 is 15.5 Å². The first kappa shape index (κ1) is 14.9. The molecule has 0 radical (unpaired) electrons. The molecule has 1 aromatic rings. The minimum Gasteiger partial charge on any atom is -0.473 e. The SMILES string of the molecule is C=CCN[C@@H]1CCc2ccccc21.O=C(O)C(=O)O. The van der Waals surface area contributed by atoms with Crippen molar-refractivity contribution in [2.45, 2.75) is 18.9 Å². The molecule has 0 aromatic heterocycles. The van der Waals surface area contributed by atoms with E-state index in [9.17, 15) is 0 Å². The predicted octanol–water partition coefficient (Wildman–Crippen LogP) is 1.61. The summed E-state index contributed by atoms with van der Waals surface area (Å²) in [6.07, 6.45) is 4.36. The van der Waals surface area contributed by atoms with Crippen LogP contribution in [-0.2, 0) is 16.0 Å². The zero-order valence-corrected chi connectivity index (χ0v) is 10.5. The summed E-state index contributed by atoms with van der Waals surface area (Å²) in [4.78, 5) is 18.2. The van der Waals surface area contributed by atoms with Crippen LogP contribution in [0.4, 0.5) is 0 Å². The van der Waals surface area contributed by atoms with Crippen LogP contribution in [0.2, 0.25) is 0 Å². The Morgan fingerprint density at radius 3 is 2.53 bits per heavy atom. The Labute approximate surface area is 111 Å². The van der Waals surface area contributed by atoms with Crippen molar-refractivity contribution in [3.63, 3.8) is 0 Å². The first-order chi connectivity index (χ1) is 9.06. The first-order valence-corrected chi connectivity index (χ1v) is 5.94. The smallest absolute Gasteiger partial charge is 0.414 e. The van der Waals surface area contributed by atoms with Crippen molar-refractivity contribution in [2.75, 3.05) is 6.54 Å². The second-order valence-electron chi connectivity index (χ2n) is 4.10. The number of carboxylic acid groups (broad SMARTS) is 2. The molecular weight excluding hydrogens is 246 g/mol. The number of hydrogen-bond donors (Lipinski definition) is 3. The van der Waals surface area contributed by atoms with Gasteiger partial charge in [-0.15, -0.1) is 6.58 Å². The van der Waals surface area contributed by atoms with E-state index in [1.165, 1.54) is 24.0 Å². The van der Waals surface area contributed by atoms with Gasteiger partial charge in [0.15, 0.2) is 0 Å². The van der Waals surface area contributed by atoms with Crippen LogP contribution < -0.4 is 5.32 Å². The second-order valence-corrected chi connectivity index (χ2v) is 4.10. The highest BCUT2D eigenvalue weighted by Crippen LogP contribution is 2.30. The highest BCUT2D eigenvalue weighted by Gasteiger charge is 2.20. The van der Waals surface area contributed by atoms with E-state index in [2.05, 4.69) is 36.2 Å². The maximum absolute atomic E-state index is 9.10. The van der Waals surface area contributed by atoms with E-state index < -0.39 is 11.9 Å². The number of hydrogen-bond acceptors (Lipinski definition) is 3. The molecule has 1 aliphatic carbocycles. The molecule has 0 bridgehead atoms. The summed E-state index contributed by atoms with van der Waals surface area (Å²) < 4.78 is 0. The Morgan fingerprint density at radius 2 is 1.95 bits per heavy atom. The van der Waals surface area contributed by atoms with Crippen LogP contribution in [0.15, 0.2) is 36.9 Å². The number of carbonyl (C=O) groups is 2. The Morgan fingerprint density at radius 1 is 1.32 bits per heavy atom. The van der Waals surface area contributed by atoms with Crippen molar-refractivity contribution in [1.82, 2.24) is 5.32 Å². The Hall–Kier alpha value is -2.14. The molecule has 2 rings (SSSR count). The third kappa shape index (κ3) is 4.56. The topological polar surface area (TPSA) is 86.6 Å². The molecule has 1 aliphatic rings. The molecule has 19 heavy (non-hydrogen) atoms. The molecule has 0 saturated carbocycles. The highest BCUT2D eigenvalue weighted by molar-refractivity contribution is 6.27. The van der Waals surface area contributed by atoms with Crippen molar-refractivity contribution in [3.05, 3.63) is 48.0 Å². The Bertz CT molecular complexity index is 458. The van der Waals surface area contributed by atoms with Crippen LogP contribution in [0, 0.1) is 0 Å². The van der Waals surface area contributed by atoms with Crippen LogP contribution in [0.3, 0.4) is 0 Å². The Balaban J connectivity index is 0.000000258. The lowest BCUT2D eigenvalue weighted by atomic mass is 10.1. The van der Waals surface area contributed by atoms with E-state index in [0.717, 1.165) is 6.54 Å². The fourth-order valence-corrected chi connectivity index (χ4v) is 1.99. The van der Waals surface area contributed by atoms with Crippen molar-refractivity contribution in [2.24, 2.45) is 0 Å². The van der Waals surface area contributed by atoms with Crippen LogP contribution in [0.5, 0.6) is 0 Å². The minimum absolute atomic E-state index is 0.550. The molecule has 0 unspecified atom stereocenters. The van der Waals surface area contributed by atoms with Gasteiger partial charge in [-0.3, -0.25) is 0 Å². The molecule has 1 atom stereocenters. The average molecular weight is 263 g/mol. The lowest BCUT2D eigenvalue weighted by Gasteiger charge is -2.11. The molecule has 0 saturated heterocycles. The van der Waals surface area contributed by atoms with Gasteiger partial charge in [0.25, 0.3) is 0 Å². The van der Waals surface area contributed by atoms with E-state index in [4.69, 9.17) is 19.8 Å². The monoisotopic (exact) mass is 263 g/mol. The number of aryl methyl sites for hydroxylation is 1.